The number of fused-ring (bicyclic) bond motifs is 1. The Hall–Kier alpha value is -1.29. The van der Waals surface area contributed by atoms with Crippen LogP contribution in [0.25, 0.3) is 0 Å². The van der Waals surface area contributed by atoms with Gasteiger partial charge in [-0.2, -0.15) is 0 Å². The van der Waals surface area contributed by atoms with Gasteiger partial charge in [-0.05, 0) is 24.0 Å². The summed E-state index contributed by atoms with van der Waals surface area (Å²) in [6.07, 6.45) is 2.70. The highest BCUT2D eigenvalue weighted by molar-refractivity contribution is 6.29. The molecule has 90 valence electrons. The molecule has 0 radical (unpaired) electrons. The molecular formula is C12H13ClN2O2. The molecule has 1 aliphatic carbocycles. The van der Waals surface area contributed by atoms with Crippen molar-refractivity contribution in [1.29, 1.82) is 0 Å². The van der Waals surface area contributed by atoms with E-state index in [0.29, 0.717) is 23.0 Å². The number of halogens is 1. The Balaban J connectivity index is 1.74. The maximum Gasteiger partial charge on any atom is 0.409 e. The minimum Gasteiger partial charge on any atom is -0.453 e. The van der Waals surface area contributed by atoms with Crippen LogP contribution in [0, 0.1) is 5.92 Å². The van der Waals surface area contributed by atoms with Gasteiger partial charge in [0.2, 0.25) is 0 Å². The van der Waals surface area contributed by atoms with Gasteiger partial charge in [0.1, 0.15) is 5.15 Å². The highest BCUT2D eigenvalue weighted by Crippen LogP contribution is 2.51. The van der Waals surface area contributed by atoms with Crippen LogP contribution in [0.5, 0.6) is 0 Å². The molecule has 3 atom stereocenters. The monoisotopic (exact) mass is 252 g/mol. The zero-order chi connectivity index (χ0) is 12.0. The molecule has 3 unspecified atom stereocenters. The molecule has 4 nitrogen and oxygen atoms in total. The van der Waals surface area contributed by atoms with Crippen LogP contribution in [0.15, 0.2) is 18.3 Å². The summed E-state index contributed by atoms with van der Waals surface area (Å²) in [7, 11) is 1.42. The van der Waals surface area contributed by atoms with E-state index in [1.165, 1.54) is 7.11 Å². The van der Waals surface area contributed by atoms with E-state index in [-0.39, 0.29) is 6.09 Å². The first-order valence-corrected chi connectivity index (χ1v) is 6.04. The fraction of sp³-hybridized carbons (Fsp3) is 0.500. The maximum atomic E-state index is 11.5. The molecule has 1 aromatic rings. The number of hydrogen-bond donors (Lipinski definition) is 0. The minimum atomic E-state index is -0.224. The van der Waals surface area contributed by atoms with Crippen molar-refractivity contribution in [1.82, 2.24) is 9.88 Å². The van der Waals surface area contributed by atoms with Gasteiger partial charge in [0.05, 0.1) is 7.11 Å². The molecule has 5 heteroatoms. The van der Waals surface area contributed by atoms with Crippen molar-refractivity contribution in [3.63, 3.8) is 0 Å². The lowest BCUT2D eigenvalue weighted by molar-refractivity contribution is -0.0641. The molecule has 0 spiro atoms. The number of rotatable bonds is 1. The quantitative estimate of drug-likeness (QED) is 0.720. The lowest BCUT2D eigenvalue weighted by Gasteiger charge is -2.59. The molecule has 3 rings (SSSR count). The first kappa shape index (κ1) is 10.8. The minimum absolute atomic E-state index is 0.224. The highest BCUT2D eigenvalue weighted by Gasteiger charge is 2.55. The third kappa shape index (κ3) is 1.59. The number of carbonyl (C=O) groups excluding carboxylic acids is 1. The SMILES string of the molecule is COC(=O)N1CC2CC(c3ccc(Cl)nc3)C21. The van der Waals surface area contributed by atoms with Gasteiger partial charge in [0.25, 0.3) is 0 Å². The molecule has 2 aliphatic rings. The van der Waals surface area contributed by atoms with Crippen LogP contribution in [0.1, 0.15) is 17.9 Å². The Labute approximate surface area is 105 Å². The number of aromatic nitrogens is 1. The Morgan fingerprint density at radius 1 is 1.59 bits per heavy atom. The van der Waals surface area contributed by atoms with E-state index >= 15 is 0 Å². The second kappa shape index (κ2) is 3.88. The van der Waals surface area contributed by atoms with E-state index in [9.17, 15) is 4.79 Å². The molecule has 1 aliphatic heterocycles. The molecule has 0 aromatic carbocycles. The zero-order valence-electron chi connectivity index (χ0n) is 9.47. The number of likely N-dealkylation sites (tertiary alicyclic amines) is 1. The van der Waals surface area contributed by atoms with E-state index in [2.05, 4.69) is 4.98 Å². The standard InChI is InChI=1S/C12H13ClN2O2/c1-17-12(16)15-6-8-4-9(11(8)15)7-2-3-10(13)14-5-7/h2-3,5,8-9,11H,4,6H2,1H3. The van der Waals surface area contributed by atoms with Crippen molar-refractivity contribution in [3.8, 4) is 0 Å². The first-order valence-electron chi connectivity index (χ1n) is 5.66. The average molecular weight is 253 g/mol. The summed E-state index contributed by atoms with van der Waals surface area (Å²) in [5.41, 5.74) is 1.16. The van der Waals surface area contributed by atoms with Crippen molar-refractivity contribution < 1.29 is 9.53 Å². The molecular weight excluding hydrogens is 240 g/mol. The maximum absolute atomic E-state index is 11.5. The van der Waals surface area contributed by atoms with Gasteiger partial charge in [0.15, 0.2) is 0 Å². The van der Waals surface area contributed by atoms with Crippen LogP contribution in [0.4, 0.5) is 4.79 Å². The van der Waals surface area contributed by atoms with Crippen LogP contribution in [-0.2, 0) is 4.74 Å². The number of piperidine rings is 1. The van der Waals surface area contributed by atoms with Crippen molar-refractivity contribution in [3.05, 3.63) is 29.0 Å². The average Bonchev–Trinajstić information content (AvgIpc) is 2.32. The lowest BCUT2D eigenvalue weighted by Crippen LogP contribution is -2.67. The summed E-state index contributed by atoms with van der Waals surface area (Å²) in [6, 6.07) is 4.08. The molecule has 1 saturated heterocycles. The van der Waals surface area contributed by atoms with Crippen molar-refractivity contribution >= 4 is 17.7 Å². The smallest absolute Gasteiger partial charge is 0.409 e. The number of pyridine rings is 1. The van der Waals surface area contributed by atoms with Gasteiger partial charge in [-0.3, -0.25) is 0 Å². The molecule has 2 fully saturated rings. The Morgan fingerprint density at radius 2 is 2.41 bits per heavy atom. The van der Waals surface area contributed by atoms with E-state index in [1.807, 2.05) is 6.07 Å². The number of amides is 1. The van der Waals surface area contributed by atoms with Crippen LogP contribution < -0.4 is 0 Å². The molecule has 0 bridgehead atoms. The third-order valence-electron chi connectivity index (χ3n) is 3.83. The van der Waals surface area contributed by atoms with Crippen LogP contribution in [-0.4, -0.2) is 35.7 Å². The molecule has 2 heterocycles. The van der Waals surface area contributed by atoms with Gasteiger partial charge in [-0.1, -0.05) is 17.7 Å². The molecule has 1 aromatic heterocycles. The van der Waals surface area contributed by atoms with Gasteiger partial charge >= 0.3 is 6.09 Å². The molecule has 1 saturated carbocycles. The molecule has 0 N–H and O–H groups in total. The van der Waals surface area contributed by atoms with Gasteiger partial charge in [0, 0.05) is 24.7 Å². The zero-order valence-corrected chi connectivity index (χ0v) is 10.2. The number of methoxy groups -OCH3 is 1. The summed E-state index contributed by atoms with van der Waals surface area (Å²) in [5, 5.41) is 0.503. The third-order valence-corrected chi connectivity index (χ3v) is 4.05. The summed E-state index contributed by atoms with van der Waals surface area (Å²) >= 11 is 5.76. The van der Waals surface area contributed by atoms with Crippen LogP contribution in [0.3, 0.4) is 0 Å². The van der Waals surface area contributed by atoms with Crippen LogP contribution in [0.2, 0.25) is 5.15 Å². The predicted octanol–water partition coefficient (Wildman–Crippen LogP) is 2.29. The summed E-state index contributed by atoms with van der Waals surface area (Å²) in [5.74, 6) is 1.02. The van der Waals surface area contributed by atoms with Crippen molar-refractivity contribution in [2.24, 2.45) is 5.92 Å². The largest absolute Gasteiger partial charge is 0.453 e. The number of nitrogens with zero attached hydrogens (tertiary/aromatic N) is 2. The van der Waals surface area contributed by atoms with Crippen molar-refractivity contribution in [2.75, 3.05) is 13.7 Å². The summed E-state index contributed by atoms with van der Waals surface area (Å²) in [6.45, 7) is 0.828. The van der Waals surface area contributed by atoms with Crippen LogP contribution >= 0.6 is 11.6 Å². The fourth-order valence-electron chi connectivity index (χ4n) is 2.88. The Kier molecular flexibility index (Phi) is 2.47. The second-order valence-electron chi connectivity index (χ2n) is 4.63. The van der Waals surface area contributed by atoms with Gasteiger partial charge < -0.3 is 9.64 Å². The number of carbonyl (C=O) groups is 1. The van der Waals surface area contributed by atoms with Crippen molar-refractivity contribution in [2.45, 2.75) is 18.4 Å². The van der Waals surface area contributed by atoms with E-state index in [0.717, 1.165) is 18.5 Å². The first-order chi connectivity index (χ1) is 8.20. The van der Waals surface area contributed by atoms with E-state index < -0.39 is 0 Å². The number of hydrogen-bond acceptors (Lipinski definition) is 3. The fourth-order valence-corrected chi connectivity index (χ4v) is 2.99. The predicted molar refractivity (Wildman–Crippen MR) is 63.0 cm³/mol. The Morgan fingerprint density at radius 3 is 3.00 bits per heavy atom. The topological polar surface area (TPSA) is 42.4 Å². The van der Waals surface area contributed by atoms with Gasteiger partial charge in [-0.25, -0.2) is 9.78 Å². The summed E-state index contributed by atoms with van der Waals surface area (Å²) in [4.78, 5) is 17.4. The molecule has 17 heavy (non-hydrogen) atoms. The summed E-state index contributed by atoms with van der Waals surface area (Å²) < 4.78 is 4.76. The van der Waals surface area contributed by atoms with Gasteiger partial charge in [-0.15, -0.1) is 0 Å². The Bertz CT molecular complexity index is 448. The molecule has 1 amide bonds. The lowest BCUT2D eigenvalue weighted by atomic mass is 9.61. The number of ether oxygens (including phenoxy) is 1. The normalized spacial score (nSPS) is 30.0. The van der Waals surface area contributed by atoms with E-state index in [1.54, 1.807) is 17.2 Å². The highest BCUT2D eigenvalue weighted by atomic mass is 35.5. The second-order valence-corrected chi connectivity index (χ2v) is 5.02. The van der Waals surface area contributed by atoms with E-state index in [4.69, 9.17) is 16.3 Å².